The van der Waals surface area contributed by atoms with Gasteiger partial charge in [0.2, 0.25) is 0 Å². The largest absolute Gasteiger partial charge is 0.451 e. The number of carbonyl (C=O) groups excluding carboxylic acids is 1. The van der Waals surface area contributed by atoms with E-state index in [1.807, 2.05) is 6.92 Å². The van der Waals surface area contributed by atoms with E-state index < -0.39 is 10.8 Å². The molecular weight excluding hydrogens is 248 g/mol. The van der Waals surface area contributed by atoms with Crippen LogP contribution >= 0.6 is 0 Å². The van der Waals surface area contributed by atoms with Gasteiger partial charge in [-0.1, -0.05) is 6.92 Å². The molecule has 0 saturated carbocycles. The monoisotopic (exact) mass is 260 g/mol. The summed E-state index contributed by atoms with van der Waals surface area (Å²) in [6.45, 7) is 1.89. The third-order valence-electron chi connectivity index (χ3n) is 2.79. The molecule has 0 spiro atoms. The van der Waals surface area contributed by atoms with Gasteiger partial charge >= 0.3 is 0 Å². The van der Waals surface area contributed by atoms with Crippen molar-refractivity contribution < 1.29 is 14.1 Å². The van der Waals surface area contributed by atoms with Crippen LogP contribution in [0, 0.1) is 10.1 Å². The molecule has 0 radical (unpaired) electrons. The smallest absolute Gasteiger partial charge is 0.284 e. The van der Waals surface area contributed by atoms with Gasteiger partial charge in [-0.05, 0) is 30.2 Å². The molecule has 2 N–H and O–H groups in total. The van der Waals surface area contributed by atoms with E-state index >= 15 is 0 Å². The fourth-order valence-corrected chi connectivity index (χ4v) is 1.84. The van der Waals surface area contributed by atoms with Crippen molar-refractivity contribution in [3.05, 3.63) is 51.8 Å². The van der Waals surface area contributed by atoms with Gasteiger partial charge in [0, 0.05) is 17.7 Å². The van der Waals surface area contributed by atoms with Crippen molar-refractivity contribution in [2.24, 2.45) is 5.73 Å². The van der Waals surface area contributed by atoms with Crippen LogP contribution in [-0.4, -0.2) is 10.8 Å². The second-order valence-electron chi connectivity index (χ2n) is 3.98. The summed E-state index contributed by atoms with van der Waals surface area (Å²) < 4.78 is 5.33. The number of carbonyl (C=O) groups is 1. The normalized spacial score (nSPS) is 10.4. The summed E-state index contributed by atoms with van der Waals surface area (Å²) in [5, 5.41) is 10.7. The molecule has 0 unspecified atom stereocenters. The molecular formula is C13H12N2O4. The van der Waals surface area contributed by atoms with Crippen LogP contribution in [0.25, 0.3) is 11.3 Å². The SMILES string of the molecule is CCc1cc([N+](=O)[O-])ccc1-c1ccc(C(N)=O)o1. The number of rotatable bonds is 4. The molecule has 0 atom stereocenters. The van der Waals surface area contributed by atoms with Crippen molar-refractivity contribution in [3.63, 3.8) is 0 Å². The molecule has 19 heavy (non-hydrogen) atoms. The Hall–Kier alpha value is -2.63. The predicted molar refractivity (Wildman–Crippen MR) is 68.7 cm³/mol. The molecule has 2 rings (SSSR count). The number of nitrogens with zero attached hydrogens (tertiary/aromatic N) is 1. The van der Waals surface area contributed by atoms with Crippen molar-refractivity contribution in [1.29, 1.82) is 0 Å². The molecule has 0 bridgehead atoms. The zero-order valence-corrected chi connectivity index (χ0v) is 10.3. The lowest BCUT2D eigenvalue weighted by atomic mass is 10.0. The minimum Gasteiger partial charge on any atom is -0.451 e. The lowest BCUT2D eigenvalue weighted by Crippen LogP contribution is -2.09. The number of non-ortho nitro benzene ring substituents is 1. The highest BCUT2D eigenvalue weighted by atomic mass is 16.6. The van der Waals surface area contributed by atoms with Gasteiger partial charge in [-0.2, -0.15) is 0 Å². The highest BCUT2D eigenvalue weighted by molar-refractivity contribution is 5.90. The number of hydrogen-bond donors (Lipinski definition) is 1. The van der Waals surface area contributed by atoms with Crippen LogP contribution in [0.5, 0.6) is 0 Å². The molecule has 0 aliphatic heterocycles. The maximum absolute atomic E-state index is 11.0. The summed E-state index contributed by atoms with van der Waals surface area (Å²) in [6.07, 6.45) is 0.615. The summed E-state index contributed by atoms with van der Waals surface area (Å²) in [4.78, 5) is 21.3. The van der Waals surface area contributed by atoms with E-state index in [9.17, 15) is 14.9 Å². The van der Waals surface area contributed by atoms with Crippen molar-refractivity contribution in [1.82, 2.24) is 0 Å². The highest BCUT2D eigenvalue weighted by Gasteiger charge is 2.14. The van der Waals surface area contributed by atoms with E-state index in [4.69, 9.17) is 10.2 Å². The van der Waals surface area contributed by atoms with Gasteiger partial charge < -0.3 is 10.2 Å². The Labute approximate surface area is 109 Å². The Morgan fingerprint density at radius 2 is 2.11 bits per heavy atom. The van der Waals surface area contributed by atoms with Crippen LogP contribution in [0.1, 0.15) is 23.0 Å². The Morgan fingerprint density at radius 3 is 2.63 bits per heavy atom. The maximum atomic E-state index is 11.0. The fourth-order valence-electron chi connectivity index (χ4n) is 1.84. The Morgan fingerprint density at radius 1 is 1.37 bits per heavy atom. The van der Waals surface area contributed by atoms with Gasteiger partial charge in [-0.3, -0.25) is 14.9 Å². The predicted octanol–water partition coefficient (Wildman–Crippen LogP) is 2.52. The first-order chi connectivity index (χ1) is 9.02. The van der Waals surface area contributed by atoms with Gasteiger partial charge in [0.1, 0.15) is 5.76 Å². The van der Waals surface area contributed by atoms with Crippen molar-refractivity contribution in [3.8, 4) is 11.3 Å². The minimum absolute atomic E-state index is 0.0299. The van der Waals surface area contributed by atoms with Crippen molar-refractivity contribution in [2.45, 2.75) is 13.3 Å². The highest BCUT2D eigenvalue weighted by Crippen LogP contribution is 2.29. The van der Waals surface area contributed by atoms with E-state index in [2.05, 4.69) is 0 Å². The molecule has 2 aromatic rings. The number of amides is 1. The van der Waals surface area contributed by atoms with E-state index in [0.29, 0.717) is 12.2 Å². The van der Waals surface area contributed by atoms with Crippen LogP contribution in [0.3, 0.4) is 0 Å². The van der Waals surface area contributed by atoms with Crippen LogP contribution in [0.4, 0.5) is 5.69 Å². The fraction of sp³-hybridized carbons (Fsp3) is 0.154. The first-order valence-electron chi connectivity index (χ1n) is 5.70. The van der Waals surface area contributed by atoms with Gasteiger partial charge in [-0.25, -0.2) is 0 Å². The molecule has 0 aliphatic carbocycles. The second-order valence-corrected chi connectivity index (χ2v) is 3.98. The number of hydrogen-bond acceptors (Lipinski definition) is 4. The van der Waals surface area contributed by atoms with Crippen LogP contribution < -0.4 is 5.73 Å². The lowest BCUT2D eigenvalue weighted by Gasteiger charge is -2.04. The number of primary amides is 1. The van der Waals surface area contributed by atoms with Crippen molar-refractivity contribution in [2.75, 3.05) is 0 Å². The molecule has 0 fully saturated rings. The molecule has 1 aromatic carbocycles. The lowest BCUT2D eigenvalue weighted by molar-refractivity contribution is -0.384. The van der Waals surface area contributed by atoms with Gasteiger partial charge in [-0.15, -0.1) is 0 Å². The molecule has 1 aromatic heterocycles. The van der Waals surface area contributed by atoms with E-state index in [1.165, 1.54) is 18.2 Å². The maximum Gasteiger partial charge on any atom is 0.284 e. The summed E-state index contributed by atoms with van der Waals surface area (Å²) in [5.41, 5.74) is 6.65. The average Bonchev–Trinajstić information content (AvgIpc) is 2.87. The molecule has 1 heterocycles. The standard InChI is InChI=1S/C13H12N2O4/c1-2-8-7-9(15(17)18)3-4-10(8)11-5-6-12(19-11)13(14)16/h3-7H,2H2,1H3,(H2,14,16). The van der Waals surface area contributed by atoms with E-state index in [1.54, 1.807) is 12.1 Å². The number of nitrogens with two attached hydrogens (primary N) is 1. The van der Waals surface area contributed by atoms with Crippen molar-refractivity contribution >= 4 is 11.6 Å². The Balaban J connectivity index is 2.48. The van der Waals surface area contributed by atoms with Crippen LogP contribution in [-0.2, 0) is 6.42 Å². The second kappa shape index (κ2) is 4.93. The number of nitro benzene ring substituents is 1. The summed E-state index contributed by atoms with van der Waals surface area (Å²) in [5.74, 6) is -0.109. The van der Waals surface area contributed by atoms with E-state index in [-0.39, 0.29) is 11.4 Å². The molecule has 1 amide bonds. The quantitative estimate of drug-likeness (QED) is 0.674. The zero-order valence-electron chi connectivity index (χ0n) is 10.3. The van der Waals surface area contributed by atoms with Crippen LogP contribution in [0.15, 0.2) is 34.7 Å². The zero-order chi connectivity index (χ0) is 14.0. The summed E-state index contributed by atoms with van der Waals surface area (Å²) >= 11 is 0. The molecule has 0 aliphatic rings. The van der Waals surface area contributed by atoms with Crippen LogP contribution in [0.2, 0.25) is 0 Å². The molecule has 6 nitrogen and oxygen atoms in total. The summed E-state index contributed by atoms with van der Waals surface area (Å²) in [6, 6.07) is 7.63. The molecule has 6 heteroatoms. The van der Waals surface area contributed by atoms with Gasteiger partial charge in [0.25, 0.3) is 11.6 Å². The van der Waals surface area contributed by atoms with Gasteiger partial charge in [0.15, 0.2) is 5.76 Å². The molecule has 0 saturated heterocycles. The number of furan rings is 1. The number of aryl methyl sites for hydroxylation is 1. The third kappa shape index (κ3) is 2.47. The minimum atomic E-state index is -0.647. The molecule has 98 valence electrons. The number of nitro groups is 1. The number of benzene rings is 1. The Bertz CT molecular complexity index is 646. The van der Waals surface area contributed by atoms with E-state index in [0.717, 1.165) is 11.1 Å². The topological polar surface area (TPSA) is 99.4 Å². The third-order valence-corrected chi connectivity index (χ3v) is 2.79. The first kappa shape index (κ1) is 12.8. The Kier molecular flexibility index (Phi) is 3.33. The van der Waals surface area contributed by atoms with Gasteiger partial charge in [0.05, 0.1) is 4.92 Å². The summed E-state index contributed by atoms with van der Waals surface area (Å²) in [7, 11) is 0. The average molecular weight is 260 g/mol. The first-order valence-corrected chi connectivity index (χ1v) is 5.70.